The SMILES string of the molecule is C[C@@H]1CN(C(=O)NCc2ccncn2)C[C@H]1C(=O)O. The Hall–Kier alpha value is -2.18. The quantitative estimate of drug-likeness (QED) is 0.820. The number of nitrogens with zero attached hydrogens (tertiary/aromatic N) is 3. The molecule has 1 fully saturated rings. The second-order valence-electron chi connectivity index (χ2n) is 4.69. The van der Waals surface area contributed by atoms with Gasteiger partial charge in [0.1, 0.15) is 6.33 Å². The van der Waals surface area contributed by atoms with E-state index in [2.05, 4.69) is 15.3 Å². The van der Waals surface area contributed by atoms with Crippen LogP contribution >= 0.6 is 0 Å². The predicted octanol–water partition coefficient (Wildman–Crippen LogP) is 0.339. The van der Waals surface area contributed by atoms with Crippen LogP contribution < -0.4 is 5.32 Å². The highest BCUT2D eigenvalue weighted by atomic mass is 16.4. The maximum Gasteiger partial charge on any atom is 0.317 e. The Balaban J connectivity index is 1.86. The number of hydrogen-bond acceptors (Lipinski definition) is 4. The number of amides is 2. The minimum atomic E-state index is -0.849. The molecule has 2 N–H and O–H groups in total. The lowest BCUT2D eigenvalue weighted by Gasteiger charge is -2.16. The Kier molecular flexibility index (Phi) is 3.94. The van der Waals surface area contributed by atoms with Crippen LogP contribution in [0.3, 0.4) is 0 Å². The van der Waals surface area contributed by atoms with Crippen molar-refractivity contribution in [2.24, 2.45) is 11.8 Å². The van der Waals surface area contributed by atoms with Crippen LogP contribution in [-0.4, -0.2) is 45.1 Å². The third kappa shape index (κ3) is 3.18. The third-order valence-electron chi connectivity index (χ3n) is 3.28. The van der Waals surface area contributed by atoms with E-state index in [9.17, 15) is 9.59 Å². The Morgan fingerprint density at radius 2 is 2.32 bits per heavy atom. The number of carbonyl (C=O) groups is 2. The average molecular weight is 264 g/mol. The van der Waals surface area contributed by atoms with Crippen LogP contribution in [0.5, 0.6) is 0 Å². The number of carboxylic acid groups (broad SMARTS) is 1. The first-order valence-electron chi connectivity index (χ1n) is 6.08. The van der Waals surface area contributed by atoms with Crippen LogP contribution in [0, 0.1) is 11.8 Å². The number of urea groups is 1. The summed E-state index contributed by atoms with van der Waals surface area (Å²) in [6.45, 7) is 2.87. The van der Waals surface area contributed by atoms with E-state index in [1.54, 1.807) is 12.3 Å². The zero-order chi connectivity index (χ0) is 13.8. The van der Waals surface area contributed by atoms with E-state index in [0.717, 1.165) is 0 Å². The zero-order valence-electron chi connectivity index (χ0n) is 10.6. The van der Waals surface area contributed by atoms with E-state index < -0.39 is 11.9 Å². The van der Waals surface area contributed by atoms with Crippen molar-refractivity contribution >= 4 is 12.0 Å². The van der Waals surface area contributed by atoms with Crippen molar-refractivity contribution in [1.29, 1.82) is 0 Å². The van der Waals surface area contributed by atoms with Gasteiger partial charge in [-0.15, -0.1) is 0 Å². The molecule has 0 unspecified atom stereocenters. The number of hydrogen-bond donors (Lipinski definition) is 2. The number of likely N-dealkylation sites (tertiary alicyclic amines) is 1. The third-order valence-corrected chi connectivity index (χ3v) is 3.28. The van der Waals surface area contributed by atoms with Crippen LogP contribution in [0.4, 0.5) is 4.79 Å². The lowest BCUT2D eigenvalue weighted by atomic mass is 9.99. The van der Waals surface area contributed by atoms with Crippen molar-refractivity contribution in [3.8, 4) is 0 Å². The Labute approximate surface area is 110 Å². The molecule has 2 heterocycles. The summed E-state index contributed by atoms with van der Waals surface area (Å²) >= 11 is 0. The Bertz CT molecular complexity index is 465. The molecular weight excluding hydrogens is 248 g/mol. The average Bonchev–Trinajstić information content (AvgIpc) is 2.79. The summed E-state index contributed by atoms with van der Waals surface area (Å²) in [6.07, 6.45) is 3.02. The molecule has 7 nitrogen and oxygen atoms in total. The Morgan fingerprint density at radius 3 is 2.89 bits per heavy atom. The smallest absolute Gasteiger partial charge is 0.317 e. The van der Waals surface area contributed by atoms with E-state index in [0.29, 0.717) is 18.8 Å². The van der Waals surface area contributed by atoms with Crippen molar-refractivity contribution in [2.75, 3.05) is 13.1 Å². The molecule has 0 aromatic carbocycles. The number of aromatic nitrogens is 2. The minimum Gasteiger partial charge on any atom is -0.481 e. The maximum atomic E-state index is 11.9. The van der Waals surface area contributed by atoms with Crippen molar-refractivity contribution in [3.05, 3.63) is 24.3 Å². The summed E-state index contributed by atoms with van der Waals surface area (Å²) in [5.74, 6) is -1.36. The summed E-state index contributed by atoms with van der Waals surface area (Å²) in [5, 5.41) is 11.7. The topological polar surface area (TPSA) is 95.4 Å². The van der Waals surface area contributed by atoms with Crippen LogP contribution in [0.15, 0.2) is 18.6 Å². The molecule has 0 aliphatic carbocycles. The number of aliphatic carboxylic acids is 1. The zero-order valence-corrected chi connectivity index (χ0v) is 10.6. The standard InChI is InChI=1S/C12H16N4O3/c1-8-5-16(6-10(8)11(17)18)12(19)14-4-9-2-3-13-7-15-9/h2-3,7-8,10H,4-6H2,1H3,(H,14,19)(H,17,18)/t8-,10-/m1/s1. The number of carbonyl (C=O) groups excluding carboxylic acids is 1. The van der Waals surface area contributed by atoms with Gasteiger partial charge in [0.15, 0.2) is 0 Å². The molecule has 2 rings (SSSR count). The predicted molar refractivity (Wildman–Crippen MR) is 66.1 cm³/mol. The molecule has 7 heteroatoms. The van der Waals surface area contributed by atoms with E-state index in [1.807, 2.05) is 6.92 Å². The molecule has 2 atom stereocenters. The molecule has 1 aromatic rings. The molecule has 102 valence electrons. The van der Waals surface area contributed by atoms with E-state index in [1.165, 1.54) is 11.2 Å². The molecule has 1 aliphatic heterocycles. The number of rotatable bonds is 3. The normalized spacial score (nSPS) is 22.3. The van der Waals surface area contributed by atoms with Gasteiger partial charge in [-0.25, -0.2) is 14.8 Å². The first kappa shape index (κ1) is 13.3. The molecule has 0 spiro atoms. The van der Waals surface area contributed by atoms with Gasteiger partial charge >= 0.3 is 12.0 Å². The van der Waals surface area contributed by atoms with E-state index >= 15 is 0 Å². The summed E-state index contributed by atoms with van der Waals surface area (Å²) in [6, 6.07) is 1.46. The van der Waals surface area contributed by atoms with Crippen LogP contribution in [0.1, 0.15) is 12.6 Å². The summed E-state index contributed by atoms with van der Waals surface area (Å²) < 4.78 is 0. The van der Waals surface area contributed by atoms with Gasteiger partial charge in [0.2, 0.25) is 0 Å². The summed E-state index contributed by atoms with van der Waals surface area (Å²) in [7, 11) is 0. The van der Waals surface area contributed by atoms with Crippen molar-refractivity contribution in [3.63, 3.8) is 0 Å². The second kappa shape index (κ2) is 5.64. The van der Waals surface area contributed by atoms with E-state index in [4.69, 9.17) is 5.11 Å². The number of nitrogens with one attached hydrogen (secondary N) is 1. The molecule has 1 saturated heterocycles. The monoisotopic (exact) mass is 264 g/mol. The molecule has 2 amide bonds. The highest BCUT2D eigenvalue weighted by Crippen LogP contribution is 2.22. The maximum absolute atomic E-state index is 11.9. The van der Waals surface area contributed by atoms with Crippen LogP contribution in [0.2, 0.25) is 0 Å². The van der Waals surface area contributed by atoms with Gasteiger partial charge < -0.3 is 15.3 Å². The number of carboxylic acids is 1. The first-order valence-corrected chi connectivity index (χ1v) is 6.08. The van der Waals surface area contributed by atoms with Gasteiger partial charge in [0.05, 0.1) is 18.2 Å². The fourth-order valence-corrected chi connectivity index (χ4v) is 2.15. The second-order valence-corrected chi connectivity index (χ2v) is 4.69. The molecule has 0 bridgehead atoms. The molecule has 0 saturated carbocycles. The van der Waals surface area contributed by atoms with Crippen molar-refractivity contribution < 1.29 is 14.7 Å². The Morgan fingerprint density at radius 1 is 1.53 bits per heavy atom. The van der Waals surface area contributed by atoms with Gasteiger partial charge in [0.25, 0.3) is 0 Å². The highest BCUT2D eigenvalue weighted by molar-refractivity contribution is 5.77. The van der Waals surface area contributed by atoms with Gasteiger partial charge in [-0.1, -0.05) is 6.92 Å². The molecule has 0 radical (unpaired) electrons. The van der Waals surface area contributed by atoms with Crippen LogP contribution in [0.25, 0.3) is 0 Å². The van der Waals surface area contributed by atoms with Crippen molar-refractivity contribution in [2.45, 2.75) is 13.5 Å². The summed E-state index contributed by atoms with van der Waals surface area (Å²) in [5.41, 5.74) is 0.713. The fraction of sp³-hybridized carbons (Fsp3) is 0.500. The summed E-state index contributed by atoms with van der Waals surface area (Å²) in [4.78, 5) is 32.2. The van der Waals surface area contributed by atoms with E-state index in [-0.39, 0.29) is 18.5 Å². The lowest BCUT2D eigenvalue weighted by Crippen LogP contribution is -2.38. The van der Waals surface area contributed by atoms with Gasteiger partial charge in [-0.3, -0.25) is 4.79 Å². The fourth-order valence-electron chi connectivity index (χ4n) is 2.15. The highest BCUT2D eigenvalue weighted by Gasteiger charge is 2.36. The lowest BCUT2D eigenvalue weighted by molar-refractivity contribution is -0.142. The molecule has 1 aliphatic rings. The van der Waals surface area contributed by atoms with Gasteiger partial charge in [-0.2, -0.15) is 0 Å². The minimum absolute atomic E-state index is 0.0256. The van der Waals surface area contributed by atoms with Gasteiger partial charge in [-0.05, 0) is 12.0 Å². The first-order chi connectivity index (χ1) is 9.08. The van der Waals surface area contributed by atoms with Crippen molar-refractivity contribution in [1.82, 2.24) is 20.2 Å². The molecule has 19 heavy (non-hydrogen) atoms. The molecule has 1 aromatic heterocycles. The molecular formula is C12H16N4O3. The van der Waals surface area contributed by atoms with Crippen LogP contribution in [-0.2, 0) is 11.3 Å². The van der Waals surface area contributed by atoms with Gasteiger partial charge in [0, 0.05) is 19.3 Å². The largest absolute Gasteiger partial charge is 0.481 e.